The topological polar surface area (TPSA) is 52.6 Å². The average Bonchev–Trinajstić information content (AvgIpc) is 2.18. The minimum Gasteiger partial charge on any atom is -0.392 e. The third-order valence-corrected chi connectivity index (χ3v) is 3.51. The summed E-state index contributed by atoms with van der Waals surface area (Å²) in [5.74, 6) is 2.25. The van der Waals surface area contributed by atoms with Crippen LogP contribution in [0.2, 0.25) is 0 Å². The molecule has 4 nitrogen and oxygen atoms in total. The quantitative estimate of drug-likeness (QED) is 0.712. The summed E-state index contributed by atoms with van der Waals surface area (Å²) in [7, 11) is 1.74. The van der Waals surface area contributed by atoms with Crippen molar-refractivity contribution in [2.45, 2.75) is 25.5 Å². The summed E-state index contributed by atoms with van der Waals surface area (Å²) >= 11 is 1.89. The van der Waals surface area contributed by atoms with Crippen LogP contribution in [0.1, 0.15) is 13.3 Å². The minimum atomic E-state index is -0.451. The molecule has 2 N–H and O–H groups in total. The Kier molecular flexibility index (Phi) is 5.42. The van der Waals surface area contributed by atoms with Gasteiger partial charge in [0, 0.05) is 44.1 Å². The molecule has 88 valence electrons. The maximum absolute atomic E-state index is 11.7. The molecule has 15 heavy (non-hydrogen) atoms. The van der Waals surface area contributed by atoms with Gasteiger partial charge in [-0.05, 0) is 6.92 Å². The second kappa shape index (κ2) is 6.35. The smallest absolute Gasteiger partial charge is 0.223 e. The maximum Gasteiger partial charge on any atom is 0.223 e. The van der Waals surface area contributed by atoms with E-state index in [0.29, 0.717) is 19.0 Å². The zero-order valence-electron chi connectivity index (χ0n) is 9.40. The molecule has 0 aliphatic carbocycles. The van der Waals surface area contributed by atoms with Gasteiger partial charge in [0.2, 0.25) is 5.91 Å². The predicted molar refractivity (Wildman–Crippen MR) is 63.1 cm³/mol. The first-order chi connectivity index (χ1) is 7.09. The van der Waals surface area contributed by atoms with Crippen LogP contribution in [0.5, 0.6) is 0 Å². The highest BCUT2D eigenvalue weighted by Crippen LogP contribution is 2.11. The second-order valence-electron chi connectivity index (χ2n) is 4.05. The van der Waals surface area contributed by atoms with Gasteiger partial charge in [0.05, 0.1) is 6.10 Å². The summed E-state index contributed by atoms with van der Waals surface area (Å²) in [5, 5.41) is 12.5. The van der Waals surface area contributed by atoms with E-state index >= 15 is 0 Å². The first-order valence-electron chi connectivity index (χ1n) is 5.32. The van der Waals surface area contributed by atoms with Gasteiger partial charge < -0.3 is 15.3 Å². The number of hydrogen-bond acceptors (Lipinski definition) is 4. The van der Waals surface area contributed by atoms with Gasteiger partial charge in [-0.3, -0.25) is 4.79 Å². The Morgan fingerprint density at radius 1 is 1.73 bits per heavy atom. The fourth-order valence-corrected chi connectivity index (χ4v) is 2.56. The van der Waals surface area contributed by atoms with Gasteiger partial charge >= 0.3 is 0 Å². The zero-order valence-corrected chi connectivity index (χ0v) is 10.2. The number of likely N-dealkylation sites (N-methyl/N-ethyl adjacent to an activating group) is 1. The number of aliphatic hydroxyl groups is 1. The van der Waals surface area contributed by atoms with Gasteiger partial charge in [-0.15, -0.1) is 0 Å². The summed E-state index contributed by atoms with van der Waals surface area (Å²) in [6, 6.07) is 0.299. The summed E-state index contributed by atoms with van der Waals surface area (Å²) in [6.45, 7) is 3.10. The van der Waals surface area contributed by atoms with Crippen molar-refractivity contribution in [1.29, 1.82) is 0 Å². The Hall–Kier alpha value is -0.260. The molecule has 1 aliphatic heterocycles. The molecule has 0 aromatic carbocycles. The van der Waals surface area contributed by atoms with E-state index in [1.54, 1.807) is 18.9 Å². The van der Waals surface area contributed by atoms with Crippen LogP contribution in [-0.2, 0) is 4.79 Å². The van der Waals surface area contributed by atoms with Crippen LogP contribution in [-0.4, -0.2) is 59.7 Å². The largest absolute Gasteiger partial charge is 0.392 e. The highest BCUT2D eigenvalue weighted by Gasteiger charge is 2.19. The van der Waals surface area contributed by atoms with Gasteiger partial charge in [-0.2, -0.15) is 11.8 Å². The van der Waals surface area contributed by atoms with E-state index in [1.165, 1.54) is 0 Å². The summed E-state index contributed by atoms with van der Waals surface area (Å²) in [4.78, 5) is 13.3. The van der Waals surface area contributed by atoms with Gasteiger partial charge in [-0.25, -0.2) is 0 Å². The number of carbonyl (C=O) groups excluding carboxylic acids is 1. The molecule has 2 unspecified atom stereocenters. The van der Waals surface area contributed by atoms with Crippen molar-refractivity contribution < 1.29 is 9.90 Å². The Morgan fingerprint density at radius 3 is 3.00 bits per heavy atom. The molecule has 0 aromatic rings. The fourth-order valence-electron chi connectivity index (χ4n) is 1.62. The maximum atomic E-state index is 11.7. The number of aliphatic hydroxyl groups excluding tert-OH is 1. The van der Waals surface area contributed by atoms with E-state index in [4.69, 9.17) is 5.11 Å². The van der Waals surface area contributed by atoms with Crippen LogP contribution in [0.3, 0.4) is 0 Å². The molecule has 0 radical (unpaired) electrons. The molecule has 0 bridgehead atoms. The molecule has 0 aromatic heterocycles. The van der Waals surface area contributed by atoms with Crippen LogP contribution in [0, 0.1) is 0 Å². The van der Waals surface area contributed by atoms with Crippen molar-refractivity contribution in [2.24, 2.45) is 0 Å². The molecule has 5 heteroatoms. The van der Waals surface area contributed by atoms with Crippen LogP contribution in [0.4, 0.5) is 0 Å². The Morgan fingerprint density at radius 2 is 2.47 bits per heavy atom. The Balaban J connectivity index is 2.27. The SMILES string of the molecule is CC(O)CN(C)C(=O)CC1CSCCN1. The van der Waals surface area contributed by atoms with E-state index in [1.807, 2.05) is 11.8 Å². The van der Waals surface area contributed by atoms with Gasteiger partial charge in [0.1, 0.15) is 0 Å². The Bertz CT molecular complexity index is 206. The van der Waals surface area contributed by atoms with Gasteiger partial charge in [0.25, 0.3) is 0 Å². The molecular formula is C10H20N2O2S. The molecule has 1 aliphatic rings. The predicted octanol–water partition coefficient (Wildman–Crippen LogP) is -0.0793. The standard InChI is InChI=1S/C10H20N2O2S/c1-8(13)6-12(2)10(14)5-9-7-15-4-3-11-9/h8-9,11,13H,3-7H2,1-2H3. The molecule has 1 saturated heterocycles. The molecule has 1 rings (SSSR count). The van der Waals surface area contributed by atoms with E-state index in [2.05, 4.69) is 5.32 Å². The number of thioether (sulfide) groups is 1. The lowest BCUT2D eigenvalue weighted by Crippen LogP contribution is -2.42. The fraction of sp³-hybridized carbons (Fsp3) is 0.900. The number of nitrogens with one attached hydrogen (secondary N) is 1. The van der Waals surface area contributed by atoms with Crippen molar-refractivity contribution >= 4 is 17.7 Å². The van der Waals surface area contributed by atoms with Gasteiger partial charge in [0.15, 0.2) is 0 Å². The molecular weight excluding hydrogens is 212 g/mol. The lowest BCUT2D eigenvalue weighted by molar-refractivity contribution is -0.131. The van der Waals surface area contributed by atoms with E-state index in [9.17, 15) is 4.79 Å². The van der Waals surface area contributed by atoms with E-state index < -0.39 is 6.10 Å². The van der Waals surface area contributed by atoms with Crippen LogP contribution in [0.15, 0.2) is 0 Å². The minimum absolute atomic E-state index is 0.107. The van der Waals surface area contributed by atoms with Crippen molar-refractivity contribution in [3.63, 3.8) is 0 Å². The second-order valence-corrected chi connectivity index (χ2v) is 5.20. The third-order valence-electron chi connectivity index (χ3n) is 2.38. The Labute approximate surface area is 95.4 Å². The van der Waals surface area contributed by atoms with E-state index in [-0.39, 0.29) is 5.91 Å². The highest BCUT2D eigenvalue weighted by atomic mass is 32.2. The summed E-state index contributed by atoms with van der Waals surface area (Å²) < 4.78 is 0. The number of carbonyl (C=O) groups is 1. The number of rotatable bonds is 4. The molecule has 1 amide bonds. The summed E-state index contributed by atoms with van der Waals surface area (Å²) in [6.07, 6.45) is 0.0867. The molecule has 1 fully saturated rings. The van der Waals surface area contributed by atoms with Crippen molar-refractivity contribution in [1.82, 2.24) is 10.2 Å². The van der Waals surface area contributed by atoms with Crippen molar-refractivity contribution in [3.05, 3.63) is 0 Å². The normalized spacial score (nSPS) is 23.5. The lowest BCUT2D eigenvalue weighted by atomic mass is 10.2. The van der Waals surface area contributed by atoms with Crippen molar-refractivity contribution in [2.75, 3.05) is 31.6 Å². The van der Waals surface area contributed by atoms with Crippen LogP contribution >= 0.6 is 11.8 Å². The molecule has 0 saturated carbocycles. The average molecular weight is 232 g/mol. The number of hydrogen-bond donors (Lipinski definition) is 2. The first-order valence-corrected chi connectivity index (χ1v) is 6.48. The highest BCUT2D eigenvalue weighted by molar-refractivity contribution is 7.99. The lowest BCUT2D eigenvalue weighted by Gasteiger charge is -2.25. The number of amides is 1. The molecule has 1 heterocycles. The monoisotopic (exact) mass is 232 g/mol. The number of nitrogens with zero attached hydrogens (tertiary/aromatic N) is 1. The third kappa shape index (κ3) is 4.86. The van der Waals surface area contributed by atoms with Gasteiger partial charge in [-0.1, -0.05) is 0 Å². The zero-order chi connectivity index (χ0) is 11.3. The van der Waals surface area contributed by atoms with Crippen LogP contribution in [0.25, 0.3) is 0 Å². The first kappa shape index (κ1) is 12.8. The van der Waals surface area contributed by atoms with Crippen LogP contribution < -0.4 is 5.32 Å². The van der Waals surface area contributed by atoms with E-state index in [0.717, 1.165) is 18.1 Å². The summed E-state index contributed by atoms with van der Waals surface area (Å²) in [5.41, 5.74) is 0. The molecule has 0 spiro atoms. The molecule has 2 atom stereocenters. The van der Waals surface area contributed by atoms with Crippen molar-refractivity contribution in [3.8, 4) is 0 Å².